The van der Waals surface area contributed by atoms with Crippen LogP contribution >= 0.6 is 0 Å². The third-order valence-electron chi connectivity index (χ3n) is 2.57. The number of aliphatic hydroxyl groups is 1. The molecule has 2 amide bonds. The van der Waals surface area contributed by atoms with Gasteiger partial charge in [0.1, 0.15) is 0 Å². The molecule has 0 radical (unpaired) electrons. The van der Waals surface area contributed by atoms with Gasteiger partial charge in [0.25, 0.3) is 0 Å². The van der Waals surface area contributed by atoms with E-state index >= 15 is 0 Å². The van der Waals surface area contributed by atoms with E-state index in [9.17, 15) is 4.79 Å². The molecule has 1 unspecified atom stereocenters. The Morgan fingerprint density at radius 3 is 2.25 bits per heavy atom. The molecule has 0 aliphatic heterocycles. The predicted octanol–water partition coefficient (Wildman–Crippen LogP) is 1.74. The normalized spacial score (nSPS) is 12.9. The number of aliphatic hydroxyl groups excluding tert-OH is 1. The maximum Gasteiger partial charge on any atom is 0.315 e. The van der Waals surface area contributed by atoms with E-state index in [0.29, 0.717) is 24.8 Å². The molecule has 0 fully saturated rings. The van der Waals surface area contributed by atoms with Crippen molar-refractivity contribution in [1.82, 2.24) is 10.6 Å². The summed E-state index contributed by atoms with van der Waals surface area (Å²) in [7, 11) is 0. The van der Waals surface area contributed by atoms with Crippen LogP contribution in [0.25, 0.3) is 0 Å². The molecule has 0 saturated heterocycles. The van der Waals surface area contributed by atoms with Crippen molar-refractivity contribution in [2.45, 2.75) is 46.6 Å². The van der Waals surface area contributed by atoms with Crippen LogP contribution in [-0.4, -0.2) is 30.3 Å². The highest BCUT2D eigenvalue weighted by Crippen LogP contribution is 2.05. The van der Waals surface area contributed by atoms with Gasteiger partial charge in [-0.15, -0.1) is 0 Å². The third kappa shape index (κ3) is 7.51. The molecule has 0 aromatic heterocycles. The molecule has 0 heterocycles. The minimum atomic E-state index is -0.132. The number of carbonyl (C=O) groups is 1. The fourth-order valence-electron chi connectivity index (χ4n) is 1.41. The summed E-state index contributed by atoms with van der Waals surface area (Å²) in [5.74, 6) is 0.932. The first-order valence-corrected chi connectivity index (χ1v) is 6.12. The molecular formula is C12H26N2O2. The molecule has 1 atom stereocenters. The fourth-order valence-corrected chi connectivity index (χ4v) is 1.41. The van der Waals surface area contributed by atoms with E-state index in [1.807, 2.05) is 13.8 Å². The van der Waals surface area contributed by atoms with Gasteiger partial charge in [-0.05, 0) is 24.7 Å². The molecule has 0 aromatic rings. The Morgan fingerprint density at radius 2 is 1.81 bits per heavy atom. The number of rotatable bonds is 7. The fraction of sp³-hybridized carbons (Fsp3) is 0.917. The lowest BCUT2D eigenvalue weighted by Crippen LogP contribution is -2.45. The monoisotopic (exact) mass is 230 g/mol. The molecule has 4 heteroatoms. The second-order valence-corrected chi connectivity index (χ2v) is 4.95. The van der Waals surface area contributed by atoms with Gasteiger partial charge in [-0.1, -0.05) is 27.7 Å². The average Bonchev–Trinajstić information content (AvgIpc) is 2.16. The summed E-state index contributed by atoms with van der Waals surface area (Å²) in [6, 6.07) is -0.0863. The van der Waals surface area contributed by atoms with Crippen LogP contribution in [0.15, 0.2) is 0 Å². The van der Waals surface area contributed by atoms with E-state index in [1.54, 1.807) is 0 Å². The molecule has 3 N–H and O–H groups in total. The summed E-state index contributed by atoms with van der Waals surface area (Å²) in [5, 5.41) is 14.6. The maximum absolute atomic E-state index is 11.5. The Balaban J connectivity index is 3.82. The van der Waals surface area contributed by atoms with Crippen molar-refractivity contribution >= 4 is 6.03 Å². The van der Waals surface area contributed by atoms with E-state index in [2.05, 4.69) is 24.5 Å². The minimum absolute atomic E-state index is 0.0454. The summed E-state index contributed by atoms with van der Waals surface area (Å²) < 4.78 is 0. The number of amides is 2. The number of urea groups is 1. The number of carbonyl (C=O) groups excluding carboxylic acids is 1. The van der Waals surface area contributed by atoms with Gasteiger partial charge in [0, 0.05) is 19.2 Å². The van der Waals surface area contributed by atoms with Crippen molar-refractivity contribution < 1.29 is 9.90 Å². The van der Waals surface area contributed by atoms with Gasteiger partial charge in [0.05, 0.1) is 0 Å². The average molecular weight is 230 g/mol. The van der Waals surface area contributed by atoms with Crippen LogP contribution in [0.3, 0.4) is 0 Å². The topological polar surface area (TPSA) is 61.4 Å². The lowest BCUT2D eigenvalue weighted by molar-refractivity contribution is 0.218. The second-order valence-electron chi connectivity index (χ2n) is 4.95. The molecule has 0 bridgehead atoms. The molecule has 0 spiro atoms. The molecule has 16 heavy (non-hydrogen) atoms. The number of hydrogen-bond acceptors (Lipinski definition) is 2. The summed E-state index contributed by atoms with van der Waals surface area (Å²) in [4.78, 5) is 11.5. The van der Waals surface area contributed by atoms with Crippen molar-refractivity contribution in [1.29, 1.82) is 0 Å². The zero-order chi connectivity index (χ0) is 12.6. The lowest BCUT2D eigenvalue weighted by atomic mass is 10.0. The first kappa shape index (κ1) is 15.2. The third-order valence-corrected chi connectivity index (χ3v) is 2.57. The van der Waals surface area contributed by atoms with Crippen molar-refractivity contribution in [3.63, 3.8) is 0 Å². The quantitative estimate of drug-likeness (QED) is 0.624. The Bertz CT molecular complexity index is 193. The molecule has 96 valence electrons. The molecular weight excluding hydrogens is 204 g/mol. The van der Waals surface area contributed by atoms with Crippen LogP contribution in [-0.2, 0) is 0 Å². The van der Waals surface area contributed by atoms with Crippen LogP contribution in [0.5, 0.6) is 0 Å². The second kappa shape index (κ2) is 8.39. The first-order valence-electron chi connectivity index (χ1n) is 6.12. The first-order chi connectivity index (χ1) is 7.47. The van der Waals surface area contributed by atoms with Crippen LogP contribution in [0.4, 0.5) is 4.79 Å². The Hall–Kier alpha value is -0.770. The van der Waals surface area contributed by atoms with E-state index in [1.165, 1.54) is 0 Å². The summed E-state index contributed by atoms with van der Waals surface area (Å²) in [6.07, 6.45) is 1.59. The summed E-state index contributed by atoms with van der Waals surface area (Å²) in [6.45, 7) is 9.14. The number of nitrogens with one attached hydrogen (secondary N) is 2. The van der Waals surface area contributed by atoms with Crippen molar-refractivity contribution in [3.05, 3.63) is 0 Å². The highest BCUT2D eigenvalue weighted by molar-refractivity contribution is 5.74. The standard InChI is InChI=1S/C12H26N2O2/c1-9(2)5-7-13-12(16)14-11(6-8-15)10(3)4/h9-11,15H,5-8H2,1-4H3,(H2,13,14,16). The Labute approximate surface area is 98.8 Å². The summed E-state index contributed by atoms with van der Waals surface area (Å²) in [5.41, 5.74) is 0. The SMILES string of the molecule is CC(C)CCNC(=O)NC(CCO)C(C)C. The van der Waals surface area contributed by atoms with Gasteiger partial charge in [-0.3, -0.25) is 0 Å². The van der Waals surface area contributed by atoms with Gasteiger partial charge in [-0.2, -0.15) is 0 Å². The van der Waals surface area contributed by atoms with E-state index in [0.717, 1.165) is 6.42 Å². The molecule has 0 rings (SSSR count). The van der Waals surface area contributed by atoms with Crippen LogP contribution in [0.1, 0.15) is 40.5 Å². The van der Waals surface area contributed by atoms with E-state index in [-0.39, 0.29) is 18.7 Å². The van der Waals surface area contributed by atoms with E-state index in [4.69, 9.17) is 5.11 Å². The largest absolute Gasteiger partial charge is 0.396 e. The predicted molar refractivity (Wildman–Crippen MR) is 66.3 cm³/mol. The highest BCUT2D eigenvalue weighted by Gasteiger charge is 2.14. The molecule has 0 aromatic carbocycles. The van der Waals surface area contributed by atoms with Gasteiger partial charge in [-0.25, -0.2) is 4.79 Å². The maximum atomic E-state index is 11.5. The van der Waals surface area contributed by atoms with Crippen LogP contribution in [0, 0.1) is 11.8 Å². The Kier molecular flexibility index (Phi) is 7.99. The Morgan fingerprint density at radius 1 is 1.19 bits per heavy atom. The highest BCUT2D eigenvalue weighted by atomic mass is 16.3. The van der Waals surface area contributed by atoms with Crippen LogP contribution in [0.2, 0.25) is 0 Å². The molecule has 0 aliphatic carbocycles. The number of hydrogen-bond donors (Lipinski definition) is 3. The lowest BCUT2D eigenvalue weighted by Gasteiger charge is -2.21. The minimum Gasteiger partial charge on any atom is -0.396 e. The van der Waals surface area contributed by atoms with Gasteiger partial charge < -0.3 is 15.7 Å². The summed E-state index contributed by atoms with van der Waals surface area (Å²) >= 11 is 0. The van der Waals surface area contributed by atoms with Crippen molar-refractivity contribution in [2.75, 3.05) is 13.2 Å². The zero-order valence-electron chi connectivity index (χ0n) is 10.9. The van der Waals surface area contributed by atoms with Gasteiger partial charge in [0.2, 0.25) is 0 Å². The zero-order valence-corrected chi connectivity index (χ0v) is 10.9. The van der Waals surface area contributed by atoms with E-state index < -0.39 is 0 Å². The molecule has 0 aliphatic rings. The van der Waals surface area contributed by atoms with Crippen molar-refractivity contribution in [2.24, 2.45) is 11.8 Å². The van der Waals surface area contributed by atoms with Gasteiger partial charge >= 0.3 is 6.03 Å². The smallest absolute Gasteiger partial charge is 0.315 e. The van der Waals surface area contributed by atoms with Crippen LogP contribution < -0.4 is 10.6 Å². The molecule has 4 nitrogen and oxygen atoms in total. The van der Waals surface area contributed by atoms with Gasteiger partial charge in [0.15, 0.2) is 0 Å². The van der Waals surface area contributed by atoms with Crippen molar-refractivity contribution in [3.8, 4) is 0 Å². The molecule has 0 saturated carbocycles.